The van der Waals surface area contributed by atoms with Gasteiger partial charge in [0, 0.05) is 32.2 Å². The van der Waals surface area contributed by atoms with E-state index < -0.39 is 0 Å². The number of allylic oxidation sites excluding steroid dienone is 1. The Hall–Kier alpha value is -1.03. The molecule has 0 amide bonds. The Morgan fingerprint density at radius 2 is 2.16 bits per heavy atom. The summed E-state index contributed by atoms with van der Waals surface area (Å²) < 4.78 is 0. The Balaban J connectivity index is 2.19. The third kappa shape index (κ3) is 3.72. The number of nitrogens with zero attached hydrogens (tertiary/aromatic N) is 1. The highest BCUT2D eigenvalue weighted by Gasteiger charge is 2.22. The van der Waals surface area contributed by atoms with Crippen LogP contribution in [0.3, 0.4) is 0 Å². The third-order valence-corrected chi connectivity index (χ3v) is 3.90. The van der Waals surface area contributed by atoms with Crippen LogP contribution in [-0.2, 0) is 0 Å². The highest BCUT2D eigenvalue weighted by atomic mass is 35.5. The van der Waals surface area contributed by atoms with Crippen molar-refractivity contribution in [3.05, 3.63) is 41.4 Å². The van der Waals surface area contributed by atoms with Crippen LogP contribution >= 0.6 is 11.6 Å². The second kappa shape index (κ2) is 6.94. The van der Waals surface area contributed by atoms with E-state index in [1.165, 1.54) is 5.56 Å². The van der Waals surface area contributed by atoms with Crippen molar-refractivity contribution < 1.29 is 5.11 Å². The molecular weight excluding hydrogens is 260 g/mol. The molecule has 0 unspecified atom stereocenters. The van der Waals surface area contributed by atoms with Gasteiger partial charge < -0.3 is 10.4 Å². The van der Waals surface area contributed by atoms with Crippen LogP contribution in [0.15, 0.2) is 30.9 Å². The van der Waals surface area contributed by atoms with Crippen molar-refractivity contribution in [2.24, 2.45) is 0 Å². The van der Waals surface area contributed by atoms with Crippen LogP contribution in [-0.4, -0.2) is 36.2 Å². The molecule has 1 aliphatic rings. The highest BCUT2D eigenvalue weighted by Crippen LogP contribution is 2.31. The molecule has 1 heterocycles. The van der Waals surface area contributed by atoms with Gasteiger partial charge in [0.1, 0.15) is 5.75 Å². The number of phenolic OH excluding ortho intramolecular Hbond substituents is 1. The van der Waals surface area contributed by atoms with E-state index in [1.54, 1.807) is 6.07 Å². The summed E-state index contributed by atoms with van der Waals surface area (Å²) in [4.78, 5) is 2.47. The van der Waals surface area contributed by atoms with Crippen LogP contribution < -0.4 is 5.32 Å². The van der Waals surface area contributed by atoms with Crippen LogP contribution in [0.5, 0.6) is 5.75 Å². The summed E-state index contributed by atoms with van der Waals surface area (Å²) in [5.41, 5.74) is 1.17. The van der Waals surface area contributed by atoms with E-state index in [-0.39, 0.29) is 5.75 Å². The first-order valence-corrected chi connectivity index (χ1v) is 7.14. The van der Waals surface area contributed by atoms with Crippen molar-refractivity contribution in [1.29, 1.82) is 0 Å². The molecule has 2 rings (SSSR count). The highest BCUT2D eigenvalue weighted by molar-refractivity contribution is 6.32. The van der Waals surface area contributed by atoms with Crippen molar-refractivity contribution in [1.82, 2.24) is 10.2 Å². The van der Waals surface area contributed by atoms with Crippen LogP contribution in [0.2, 0.25) is 5.02 Å². The van der Waals surface area contributed by atoms with Crippen LogP contribution in [0.4, 0.5) is 0 Å². The first-order chi connectivity index (χ1) is 9.22. The van der Waals surface area contributed by atoms with Gasteiger partial charge in [-0.15, -0.1) is 6.58 Å². The summed E-state index contributed by atoms with van der Waals surface area (Å²) in [6.07, 6.45) is 3.97. The largest absolute Gasteiger partial charge is 0.506 e. The molecule has 1 aromatic carbocycles. The minimum atomic E-state index is 0.146. The molecule has 2 N–H and O–H groups in total. The topological polar surface area (TPSA) is 35.5 Å². The Morgan fingerprint density at radius 3 is 2.79 bits per heavy atom. The van der Waals surface area contributed by atoms with E-state index in [1.807, 2.05) is 18.2 Å². The van der Waals surface area contributed by atoms with E-state index >= 15 is 0 Å². The molecule has 1 aromatic rings. The number of rotatable bonds is 5. The summed E-state index contributed by atoms with van der Waals surface area (Å²) in [6, 6.07) is 5.88. The van der Waals surface area contributed by atoms with Gasteiger partial charge >= 0.3 is 0 Å². The normalized spacial score (nSPS) is 18.2. The lowest BCUT2D eigenvalue weighted by atomic mass is 9.99. The Kier molecular flexibility index (Phi) is 5.25. The first-order valence-electron chi connectivity index (χ1n) is 6.76. The zero-order valence-electron chi connectivity index (χ0n) is 11.1. The lowest BCUT2D eigenvalue weighted by Crippen LogP contribution is -2.45. The second-order valence-corrected chi connectivity index (χ2v) is 5.29. The van der Waals surface area contributed by atoms with Gasteiger partial charge in [0.25, 0.3) is 0 Å². The average molecular weight is 281 g/mol. The molecule has 4 heteroatoms. The molecule has 0 aliphatic carbocycles. The minimum absolute atomic E-state index is 0.146. The fourth-order valence-electron chi connectivity index (χ4n) is 2.56. The molecule has 3 nitrogen and oxygen atoms in total. The standard InChI is InChI=1S/C15H21ClN2O/c1-2-3-4-14(18-9-7-17-8-10-18)12-5-6-15(19)13(16)11-12/h2,5-6,11,14,17,19H,1,3-4,7-10H2/t14-/m0/s1. The van der Waals surface area contributed by atoms with Gasteiger partial charge in [0.2, 0.25) is 0 Å². The molecule has 1 fully saturated rings. The number of phenols is 1. The number of nitrogens with one attached hydrogen (secondary N) is 1. The maximum atomic E-state index is 9.54. The zero-order chi connectivity index (χ0) is 13.7. The van der Waals surface area contributed by atoms with Crippen LogP contribution in [0, 0.1) is 0 Å². The fourth-order valence-corrected chi connectivity index (χ4v) is 2.75. The Morgan fingerprint density at radius 1 is 1.42 bits per heavy atom. The van der Waals surface area contributed by atoms with E-state index in [0.717, 1.165) is 39.0 Å². The number of hydrogen-bond acceptors (Lipinski definition) is 3. The van der Waals surface area contributed by atoms with Gasteiger partial charge in [0.15, 0.2) is 0 Å². The summed E-state index contributed by atoms with van der Waals surface area (Å²) in [5.74, 6) is 0.146. The third-order valence-electron chi connectivity index (χ3n) is 3.59. The first kappa shape index (κ1) is 14.4. The quantitative estimate of drug-likeness (QED) is 0.814. The molecule has 0 bridgehead atoms. The predicted octanol–water partition coefficient (Wildman–Crippen LogP) is 2.96. The predicted molar refractivity (Wildman–Crippen MR) is 79.7 cm³/mol. The van der Waals surface area contributed by atoms with Crippen LogP contribution in [0.1, 0.15) is 24.4 Å². The van der Waals surface area contributed by atoms with Crippen LogP contribution in [0.25, 0.3) is 0 Å². The van der Waals surface area contributed by atoms with E-state index in [0.29, 0.717) is 11.1 Å². The summed E-state index contributed by atoms with van der Waals surface area (Å²) in [5, 5.41) is 13.3. The van der Waals surface area contributed by atoms with Gasteiger partial charge in [-0.2, -0.15) is 0 Å². The number of hydrogen-bond donors (Lipinski definition) is 2. The number of aromatic hydroxyl groups is 1. The lowest BCUT2D eigenvalue weighted by Gasteiger charge is -2.35. The summed E-state index contributed by atoms with van der Waals surface area (Å²) in [6.45, 7) is 7.94. The molecule has 1 aliphatic heterocycles. The maximum Gasteiger partial charge on any atom is 0.134 e. The van der Waals surface area contributed by atoms with E-state index in [9.17, 15) is 5.11 Å². The molecule has 104 valence electrons. The summed E-state index contributed by atoms with van der Waals surface area (Å²) in [7, 11) is 0. The average Bonchev–Trinajstić information content (AvgIpc) is 2.44. The zero-order valence-corrected chi connectivity index (χ0v) is 11.9. The van der Waals surface area contributed by atoms with E-state index in [2.05, 4.69) is 16.8 Å². The minimum Gasteiger partial charge on any atom is -0.506 e. The smallest absolute Gasteiger partial charge is 0.134 e. The number of piperazine rings is 1. The molecule has 1 atom stereocenters. The SMILES string of the molecule is C=CCC[C@@H](c1ccc(O)c(Cl)c1)N1CCNCC1. The second-order valence-electron chi connectivity index (χ2n) is 4.88. The van der Waals surface area contributed by atoms with E-state index in [4.69, 9.17) is 11.6 Å². The van der Waals surface area contributed by atoms with Gasteiger partial charge in [-0.1, -0.05) is 23.7 Å². The molecule has 0 aromatic heterocycles. The van der Waals surface area contributed by atoms with Gasteiger partial charge in [-0.3, -0.25) is 4.90 Å². The Labute approximate surface area is 119 Å². The molecular formula is C15H21ClN2O. The fraction of sp³-hybridized carbons (Fsp3) is 0.467. The van der Waals surface area contributed by atoms with Crippen molar-refractivity contribution >= 4 is 11.6 Å². The Bertz CT molecular complexity index is 430. The molecule has 0 spiro atoms. The molecule has 0 saturated carbocycles. The molecule has 1 saturated heterocycles. The lowest BCUT2D eigenvalue weighted by molar-refractivity contribution is 0.166. The molecule has 19 heavy (non-hydrogen) atoms. The van der Waals surface area contributed by atoms with Crippen molar-refractivity contribution in [2.45, 2.75) is 18.9 Å². The van der Waals surface area contributed by atoms with Gasteiger partial charge in [0.05, 0.1) is 5.02 Å². The molecule has 0 radical (unpaired) electrons. The monoisotopic (exact) mass is 280 g/mol. The van der Waals surface area contributed by atoms with Crippen molar-refractivity contribution in [2.75, 3.05) is 26.2 Å². The summed E-state index contributed by atoms with van der Waals surface area (Å²) >= 11 is 6.03. The number of halogens is 1. The van der Waals surface area contributed by atoms with Crippen molar-refractivity contribution in [3.8, 4) is 5.75 Å². The van der Waals surface area contributed by atoms with Crippen molar-refractivity contribution in [3.63, 3.8) is 0 Å². The maximum absolute atomic E-state index is 9.54. The number of benzene rings is 1. The van der Waals surface area contributed by atoms with Gasteiger partial charge in [-0.25, -0.2) is 0 Å². The van der Waals surface area contributed by atoms with Gasteiger partial charge in [-0.05, 0) is 30.5 Å².